The first-order valence-electron chi connectivity index (χ1n) is 6.44. The van der Waals surface area contributed by atoms with Gasteiger partial charge in [0.05, 0.1) is 11.7 Å². The lowest BCUT2D eigenvalue weighted by Crippen LogP contribution is -2.20. The summed E-state index contributed by atoms with van der Waals surface area (Å²) in [6, 6.07) is 2.29. The summed E-state index contributed by atoms with van der Waals surface area (Å²) in [6.07, 6.45) is -1.59. The quantitative estimate of drug-likeness (QED) is 0.791. The van der Waals surface area contributed by atoms with Crippen molar-refractivity contribution in [3.05, 3.63) is 35.1 Å². The SMILES string of the molecule is OC(c1cc(F)ccc1C(F)(F)F)C1CCCCC1. The zero-order valence-corrected chi connectivity index (χ0v) is 10.4. The van der Waals surface area contributed by atoms with Gasteiger partial charge in [0.2, 0.25) is 0 Å². The van der Waals surface area contributed by atoms with E-state index in [1.807, 2.05) is 0 Å². The molecule has 1 aromatic rings. The van der Waals surface area contributed by atoms with E-state index in [4.69, 9.17) is 0 Å². The minimum Gasteiger partial charge on any atom is -0.388 e. The van der Waals surface area contributed by atoms with E-state index >= 15 is 0 Å². The van der Waals surface area contributed by atoms with E-state index in [0.717, 1.165) is 31.4 Å². The molecule has 1 saturated carbocycles. The molecule has 0 radical (unpaired) electrons. The van der Waals surface area contributed by atoms with Crippen LogP contribution in [0, 0.1) is 11.7 Å². The lowest BCUT2D eigenvalue weighted by atomic mass is 9.81. The molecule has 0 aromatic heterocycles. The molecule has 19 heavy (non-hydrogen) atoms. The third-order valence-corrected chi connectivity index (χ3v) is 3.73. The Bertz CT molecular complexity index is 436. The van der Waals surface area contributed by atoms with Gasteiger partial charge in [-0.3, -0.25) is 0 Å². The number of hydrogen-bond donors (Lipinski definition) is 1. The van der Waals surface area contributed by atoms with E-state index in [9.17, 15) is 22.7 Å². The van der Waals surface area contributed by atoms with Gasteiger partial charge < -0.3 is 5.11 Å². The number of rotatable bonds is 2. The van der Waals surface area contributed by atoms with Gasteiger partial charge in [0, 0.05) is 0 Å². The van der Waals surface area contributed by atoms with Gasteiger partial charge in [-0.2, -0.15) is 13.2 Å². The number of benzene rings is 1. The number of aliphatic hydroxyl groups excluding tert-OH is 1. The molecule has 0 bridgehead atoms. The highest BCUT2D eigenvalue weighted by Crippen LogP contribution is 2.40. The lowest BCUT2D eigenvalue weighted by molar-refractivity contribution is -0.139. The maximum Gasteiger partial charge on any atom is 0.416 e. The fraction of sp³-hybridized carbons (Fsp3) is 0.571. The average Bonchev–Trinajstić information content (AvgIpc) is 2.37. The summed E-state index contributed by atoms with van der Waals surface area (Å²) in [5, 5.41) is 10.1. The summed E-state index contributed by atoms with van der Waals surface area (Å²) in [5.74, 6) is -0.963. The summed E-state index contributed by atoms with van der Waals surface area (Å²) in [5.41, 5.74) is -1.27. The van der Waals surface area contributed by atoms with Crippen LogP contribution < -0.4 is 0 Å². The van der Waals surface area contributed by atoms with Crippen molar-refractivity contribution in [1.82, 2.24) is 0 Å². The van der Waals surface area contributed by atoms with Crippen molar-refractivity contribution in [2.24, 2.45) is 5.92 Å². The van der Waals surface area contributed by atoms with E-state index in [1.54, 1.807) is 0 Å². The molecular formula is C14H16F4O. The first-order valence-corrected chi connectivity index (χ1v) is 6.44. The smallest absolute Gasteiger partial charge is 0.388 e. The van der Waals surface area contributed by atoms with E-state index in [0.29, 0.717) is 18.9 Å². The number of halogens is 4. The van der Waals surface area contributed by atoms with Crippen LogP contribution >= 0.6 is 0 Å². The molecule has 1 N–H and O–H groups in total. The Morgan fingerprint density at radius 2 is 1.74 bits per heavy atom. The fourth-order valence-electron chi connectivity index (χ4n) is 2.74. The van der Waals surface area contributed by atoms with Crippen LogP contribution in [-0.2, 0) is 6.18 Å². The molecular weight excluding hydrogens is 260 g/mol. The Morgan fingerprint density at radius 1 is 1.11 bits per heavy atom. The van der Waals surface area contributed by atoms with Crippen molar-refractivity contribution in [3.8, 4) is 0 Å². The molecule has 1 aliphatic carbocycles. The summed E-state index contributed by atoms with van der Waals surface area (Å²) in [7, 11) is 0. The van der Waals surface area contributed by atoms with Gasteiger partial charge in [-0.15, -0.1) is 0 Å². The topological polar surface area (TPSA) is 20.2 Å². The van der Waals surface area contributed by atoms with E-state index < -0.39 is 23.7 Å². The van der Waals surface area contributed by atoms with Gasteiger partial charge in [-0.1, -0.05) is 19.3 Å². The van der Waals surface area contributed by atoms with Gasteiger partial charge >= 0.3 is 6.18 Å². The predicted molar refractivity (Wildman–Crippen MR) is 62.9 cm³/mol. The standard InChI is InChI=1S/C14H16F4O/c15-10-6-7-12(14(16,17)18)11(8-10)13(19)9-4-2-1-3-5-9/h6-9,13,19H,1-5H2. The van der Waals surface area contributed by atoms with Crippen LogP contribution in [-0.4, -0.2) is 5.11 Å². The second kappa shape index (κ2) is 5.49. The molecule has 2 rings (SSSR count). The van der Waals surface area contributed by atoms with Gasteiger partial charge in [0.15, 0.2) is 0 Å². The zero-order valence-electron chi connectivity index (χ0n) is 10.4. The molecule has 106 valence electrons. The Morgan fingerprint density at radius 3 is 2.32 bits per heavy atom. The molecule has 0 amide bonds. The number of aliphatic hydroxyl groups is 1. The van der Waals surface area contributed by atoms with Crippen LogP contribution in [0.15, 0.2) is 18.2 Å². The summed E-state index contributed by atoms with van der Waals surface area (Å²) < 4.78 is 51.8. The summed E-state index contributed by atoms with van der Waals surface area (Å²) >= 11 is 0. The lowest BCUT2D eigenvalue weighted by Gasteiger charge is -2.28. The maximum atomic E-state index is 13.2. The molecule has 1 aromatic carbocycles. The van der Waals surface area contributed by atoms with Gasteiger partial charge in [0.25, 0.3) is 0 Å². The van der Waals surface area contributed by atoms with Crippen molar-refractivity contribution in [2.75, 3.05) is 0 Å². The third kappa shape index (κ3) is 3.26. The van der Waals surface area contributed by atoms with Crippen LogP contribution in [0.4, 0.5) is 17.6 Å². The van der Waals surface area contributed by atoms with Crippen molar-refractivity contribution in [1.29, 1.82) is 0 Å². The fourth-order valence-corrected chi connectivity index (χ4v) is 2.74. The molecule has 1 atom stereocenters. The second-order valence-electron chi connectivity index (χ2n) is 5.07. The van der Waals surface area contributed by atoms with Gasteiger partial charge in [-0.05, 0) is 42.5 Å². The first-order chi connectivity index (χ1) is 8.89. The molecule has 5 heteroatoms. The normalized spacial score (nSPS) is 19.4. The van der Waals surface area contributed by atoms with Crippen molar-refractivity contribution in [2.45, 2.75) is 44.4 Å². The van der Waals surface area contributed by atoms with Crippen molar-refractivity contribution in [3.63, 3.8) is 0 Å². The molecule has 1 aliphatic rings. The first kappa shape index (κ1) is 14.3. The highest BCUT2D eigenvalue weighted by Gasteiger charge is 2.37. The Labute approximate surface area is 109 Å². The predicted octanol–water partition coefficient (Wildman–Crippen LogP) is 4.46. The van der Waals surface area contributed by atoms with Gasteiger partial charge in [-0.25, -0.2) is 4.39 Å². The minimum atomic E-state index is -4.57. The molecule has 0 aliphatic heterocycles. The van der Waals surface area contributed by atoms with Gasteiger partial charge in [0.1, 0.15) is 5.82 Å². The Balaban J connectivity index is 2.33. The van der Waals surface area contributed by atoms with Crippen molar-refractivity contribution >= 4 is 0 Å². The van der Waals surface area contributed by atoms with E-state index in [-0.39, 0.29) is 11.5 Å². The van der Waals surface area contributed by atoms with Crippen LogP contribution in [0.3, 0.4) is 0 Å². The van der Waals surface area contributed by atoms with Crippen LogP contribution in [0.5, 0.6) is 0 Å². The third-order valence-electron chi connectivity index (χ3n) is 3.73. The minimum absolute atomic E-state index is 0.211. The molecule has 1 unspecified atom stereocenters. The molecule has 1 fully saturated rings. The number of hydrogen-bond acceptors (Lipinski definition) is 1. The largest absolute Gasteiger partial charge is 0.416 e. The number of alkyl halides is 3. The van der Waals surface area contributed by atoms with E-state index in [2.05, 4.69) is 0 Å². The van der Waals surface area contributed by atoms with Crippen LogP contribution in [0.2, 0.25) is 0 Å². The summed E-state index contributed by atoms with van der Waals surface area (Å²) in [6.45, 7) is 0. The van der Waals surface area contributed by atoms with Crippen LogP contribution in [0.1, 0.15) is 49.3 Å². The summed E-state index contributed by atoms with van der Waals surface area (Å²) in [4.78, 5) is 0. The maximum absolute atomic E-state index is 13.2. The Hall–Kier alpha value is -1.10. The molecule has 0 heterocycles. The van der Waals surface area contributed by atoms with Crippen molar-refractivity contribution < 1.29 is 22.7 Å². The monoisotopic (exact) mass is 276 g/mol. The van der Waals surface area contributed by atoms with E-state index in [1.165, 1.54) is 0 Å². The zero-order chi connectivity index (χ0) is 14.0. The second-order valence-corrected chi connectivity index (χ2v) is 5.07. The van der Waals surface area contributed by atoms with Crippen LogP contribution in [0.25, 0.3) is 0 Å². The molecule has 0 spiro atoms. The molecule has 1 nitrogen and oxygen atoms in total. The average molecular weight is 276 g/mol. The highest BCUT2D eigenvalue weighted by molar-refractivity contribution is 5.32. The molecule has 0 saturated heterocycles. The highest BCUT2D eigenvalue weighted by atomic mass is 19.4. The Kier molecular flexibility index (Phi) is 4.13.